The van der Waals surface area contributed by atoms with Gasteiger partial charge in [-0.1, -0.05) is 38.1 Å². The predicted octanol–water partition coefficient (Wildman–Crippen LogP) is 3.17. The van der Waals surface area contributed by atoms with Crippen LogP contribution in [0.1, 0.15) is 31.9 Å². The fourth-order valence-electron chi connectivity index (χ4n) is 3.24. The summed E-state index contributed by atoms with van der Waals surface area (Å²) in [6, 6.07) is 3.05. The lowest BCUT2D eigenvalue weighted by molar-refractivity contribution is -0.138. The molecule has 2 rings (SSSR count). The standard InChI is InChI=1S/C22H28F3N3O4S2/c1-15(2)5-4-6-20(33)34(31,32)28-12-11-27(16(3)29)14-19(28)21(30)26-13-17-7-9-18(10-8-17)22(23,24)25/h4-10,15,19,33H,11-14H2,1-3H3,(H,26,30)/b5-4+,20-6+. The van der Waals surface area contributed by atoms with Crippen molar-refractivity contribution in [3.63, 3.8) is 0 Å². The lowest BCUT2D eigenvalue weighted by atomic mass is 10.1. The number of allylic oxidation sites excluding steroid dienone is 3. The second kappa shape index (κ2) is 11.4. The Morgan fingerprint density at radius 3 is 2.35 bits per heavy atom. The molecule has 7 nitrogen and oxygen atoms in total. The molecule has 2 amide bonds. The van der Waals surface area contributed by atoms with E-state index in [2.05, 4.69) is 17.9 Å². The minimum absolute atomic E-state index is 0.105. The SMILES string of the molecule is CC(=O)N1CCN(S(=O)(=O)/C(S)=C/C=C/C(C)C)C(C(=O)NCc2ccc(C(F)(F)F)cc2)C1. The molecule has 0 spiro atoms. The van der Waals surface area contributed by atoms with Crippen molar-refractivity contribution < 1.29 is 31.2 Å². The van der Waals surface area contributed by atoms with E-state index in [1.807, 2.05) is 13.8 Å². The van der Waals surface area contributed by atoms with E-state index in [0.29, 0.717) is 5.56 Å². The van der Waals surface area contributed by atoms with E-state index < -0.39 is 33.7 Å². The Morgan fingerprint density at radius 1 is 1.21 bits per heavy atom. The number of hydrogen-bond donors (Lipinski definition) is 2. The Kier molecular flexibility index (Phi) is 9.37. The Bertz CT molecular complexity index is 1050. The molecule has 1 aromatic rings. The van der Waals surface area contributed by atoms with Crippen LogP contribution in [0.25, 0.3) is 0 Å². The molecule has 0 bridgehead atoms. The number of rotatable bonds is 7. The van der Waals surface area contributed by atoms with Gasteiger partial charge < -0.3 is 10.2 Å². The van der Waals surface area contributed by atoms with Crippen LogP contribution in [-0.2, 0) is 32.3 Å². The van der Waals surface area contributed by atoms with E-state index in [4.69, 9.17) is 0 Å². The minimum Gasteiger partial charge on any atom is -0.351 e. The van der Waals surface area contributed by atoms with Crippen LogP contribution >= 0.6 is 12.6 Å². The van der Waals surface area contributed by atoms with Crippen LogP contribution in [0.4, 0.5) is 13.2 Å². The molecule has 1 atom stereocenters. The summed E-state index contributed by atoms with van der Waals surface area (Å²) in [7, 11) is -4.12. The fourth-order valence-corrected chi connectivity index (χ4v) is 4.95. The maximum Gasteiger partial charge on any atom is 0.416 e. The fraction of sp³-hybridized carbons (Fsp3) is 0.455. The van der Waals surface area contributed by atoms with Gasteiger partial charge in [-0.3, -0.25) is 9.59 Å². The summed E-state index contributed by atoms with van der Waals surface area (Å²) >= 11 is 4.11. The van der Waals surface area contributed by atoms with Gasteiger partial charge in [0.2, 0.25) is 21.8 Å². The number of sulfonamides is 1. The van der Waals surface area contributed by atoms with Gasteiger partial charge in [0.1, 0.15) is 10.3 Å². The van der Waals surface area contributed by atoms with E-state index in [1.165, 1.54) is 30.0 Å². The Hall–Kier alpha value is -2.31. The Labute approximate surface area is 203 Å². The zero-order valence-electron chi connectivity index (χ0n) is 19.0. The van der Waals surface area contributed by atoms with Crippen molar-refractivity contribution in [3.05, 3.63) is 57.9 Å². The topological polar surface area (TPSA) is 86.8 Å². The quantitative estimate of drug-likeness (QED) is 0.428. The summed E-state index contributed by atoms with van der Waals surface area (Å²) < 4.78 is 65.2. The highest BCUT2D eigenvalue weighted by molar-refractivity contribution is 8.09. The zero-order chi connectivity index (χ0) is 25.7. The molecule has 0 aromatic heterocycles. The smallest absolute Gasteiger partial charge is 0.351 e. The second-order valence-corrected chi connectivity index (χ2v) is 10.8. The van der Waals surface area contributed by atoms with Gasteiger partial charge in [0, 0.05) is 33.1 Å². The molecule has 1 heterocycles. The molecule has 0 saturated carbocycles. The van der Waals surface area contributed by atoms with Crippen molar-refractivity contribution in [2.75, 3.05) is 19.6 Å². The number of alkyl halides is 3. The van der Waals surface area contributed by atoms with Crippen LogP contribution in [0, 0.1) is 5.92 Å². The summed E-state index contributed by atoms with van der Waals surface area (Å²) in [6.07, 6.45) is 0.202. The number of nitrogens with zero attached hydrogens (tertiary/aromatic N) is 2. The zero-order valence-corrected chi connectivity index (χ0v) is 20.8. The molecule has 1 aliphatic heterocycles. The Balaban J connectivity index is 2.22. The summed E-state index contributed by atoms with van der Waals surface area (Å²) in [5, 5.41) is 2.56. The minimum atomic E-state index is -4.47. The molecule has 0 radical (unpaired) electrons. The van der Waals surface area contributed by atoms with Crippen LogP contribution in [0.2, 0.25) is 0 Å². The first-order valence-corrected chi connectivity index (χ1v) is 12.4. The molecule has 0 aliphatic carbocycles. The van der Waals surface area contributed by atoms with Crippen molar-refractivity contribution in [2.45, 2.75) is 39.5 Å². The maximum atomic E-state index is 13.1. The second-order valence-electron chi connectivity index (χ2n) is 8.14. The number of halogens is 3. The number of thiol groups is 1. The first kappa shape index (κ1) is 27.9. The molecule has 34 heavy (non-hydrogen) atoms. The monoisotopic (exact) mass is 519 g/mol. The third-order valence-electron chi connectivity index (χ3n) is 5.14. The number of carbonyl (C=O) groups is 2. The number of benzene rings is 1. The molecule has 12 heteroatoms. The van der Waals surface area contributed by atoms with Crippen LogP contribution in [-0.4, -0.2) is 55.1 Å². The number of hydrogen-bond acceptors (Lipinski definition) is 5. The van der Waals surface area contributed by atoms with Crippen LogP contribution < -0.4 is 5.32 Å². The predicted molar refractivity (Wildman–Crippen MR) is 126 cm³/mol. The van der Waals surface area contributed by atoms with Gasteiger partial charge >= 0.3 is 6.18 Å². The molecule has 1 aromatic carbocycles. The first-order valence-electron chi connectivity index (χ1n) is 10.5. The highest BCUT2D eigenvalue weighted by Gasteiger charge is 2.41. The number of amides is 2. The van der Waals surface area contributed by atoms with Crippen LogP contribution in [0.15, 0.2) is 46.7 Å². The summed E-state index contributed by atoms with van der Waals surface area (Å²) in [6.45, 7) is 4.91. The van der Waals surface area contributed by atoms with Crippen molar-refractivity contribution in [3.8, 4) is 0 Å². The normalized spacial score (nSPS) is 18.5. The average molecular weight is 520 g/mol. The largest absolute Gasteiger partial charge is 0.416 e. The van der Waals surface area contributed by atoms with E-state index >= 15 is 0 Å². The van der Waals surface area contributed by atoms with Crippen LogP contribution in [0.5, 0.6) is 0 Å². The Morgan fingerprint density at radius 2 is 1.82 bits per heavy atom. The third kappa shape index (κ3) is 7.34. The third-order valence-corrected chi connectivity index (χ3v) is 7.70. The van der Waals surface area contributed by atoms with Gasteiger partial charge in [-0.05, 0) is 29.7 Å². The van der Waals surface area contributed by atoms with Gasteiger partial charge in [-0.25, -0.2) is 8.42 Å². The van der Waals surface area contributed by atoms with Gasteiger partial charge in [0.15, 0.2) is 0 Å². The lowest BCUT2D eigenvalue weighted by Crippen LogP contribution is -2.61. The summed E-state index contributed by atoms with van der Waals surface area (Å²) in [5.41, 5.74) is -0.410. The van der Waals surface area contributed by atoms with Crippen molar-refractivity contribution in [1.82, 2.24) is 14.5 Å². The van der Waals surface area contributed by atoms with E-state index in [0.717, 1.165) is 16.4 Å². The molecule has 1 saturated heterocycles. The lowest BCUT2D eigenvalue weighted by Gasteiger charge is -2.39. The summed E-state index contributed by atoms with van der Waals surface area (Å²) in [4.78, 5) is 26.2. The highest BCUT2D eigenvalue weighted by Crippen LogP contribution is 2.29. The van der Waals surface area contributed by atoms with Crippen molar-refractivity contribution >= 4 is 34.5 Å². The van der Waals surface area contributed by atoms with Gasteiger partial charge in [-0.2, -0.15) is 17.5 Å². The van der Waals surface area contributed by atoms with E-state index in [-0.39, 0.29) is 42.2 Å². The van der Waals surface area contributed by atoms with Crippen molar-refractivity contribution in [1.29, 1.82) is 0 Å². The average Bonchev–Trinajstić information content (AvgIpc) is 2.76. The van der Waals surface area contributed by atoms with E-state index in [9.17, 15) is 31.2 Å². The van der Waals surface area contributed by atoms with E-state index in [1.54, 1.807) is 12.2 Å². The molecule has 1 fully saturated rings. The number of nitrogens with one attached hydrogen (secondary N) is 1. The van der Waals surface area contributed by atoms with Crippen molar-refractivity contribution in [2.24, 2.45) is 5.92 Å². The molecule has 1 unspecified atom stereocenters. The molecule has 188 valence electrons. The molecule has 1 aliphatic rings. The molecular formula is C22H28F3N3O4S2. The van der Waals surface area contributed by atoms with Gasteiger partial charge in [0.05, 0.1) is 5.56 Å². The molecule has 1 N–H and O–H groups in total. The highest BCUT2D eigenvalue weighted by atomic mass is 32.3. The molecular weight excluding hydrogens is 491 g/mol. The summed E-state index contributed by atoms with van der Waals surface area (Å²) in [5.74, 6) is -0.782. The van der Waals surface area contributed by atoms with Crippen LogP contribution in [0.3, 0.4) is 0 Å². The first-order chi connectivity index (χ1) is 15.7. The number of carbonyl (C=O) groups excluding carboxylic acids is 2. The van der Waals surface area contributed by atoms with Gasteiger partial charge in [0.25, 0.3) is 0 Å². The van der Waals surface area contributed by atoms with Gasteiger partial charge in [-0.15, -0.1) is 12.6 Å². The number of piperazine rings is 1. The maximum absolute atomic E-state index is 13.1.